The molecule has 0 aromatic heterocycles. The Hall–Kier alpha value is -3.39. The van der Waals surface area contributed by atoms with Crippen LogP contribution in [-0.4, -0.2) is 36.7 Å². The first kappa shape index (κ1) is 18.4. The van der Waals surface area contributed by atoms with Gasteiger partial charge in [0.15, 0.2) is 6.29 Å². The van der Waals surface area contributed by atoms with Gasteiger partial charge >= 0.3 is 0 Å². The van der Waals surface area contributed by atoms with E-state index in [1.54, 1.807) is 42.5 Å². The number of rotatable bonds is 6. The van der Waals surface area contributed by atoms with Gasteiger partial charge in [0.05, 0.1) is 23.8 Å². The van der Waals surface area contributed by atoms with Crippen LogP contribution in [0.15, 0.2) is 42.5 Å². The molecule has 0 fully saturated rings. The summed E-state index contributed by atoms with van der Waals surface area (Å²) in [6.45, 7) is 0.395. The summed E-state index contributed by atoms with van der Waals surface area (Å²) in [5, 5.41) is 0. The van der Waals surface area contributed by atoms with Crippen molar-refractivity contribution in [3.63, 3.8) is 0 Å². The van der Waals surface area contributed by atoms with Gasteiger partial charge in [-0.05, 0) is 43.2 Å². The molecule has 5 heteroatoms. The third-order valence-corrected chi connectivity index (χ3v) is 4.40. The number of unbranched alkanes of at least 4 members (excludes halogenated alkanes) is 2. The van der Waals surface area contributed by atoms with Crippen LogP contribution in [0.25, 0.3) is 0 Å². The van der Waals surface area contributed by atoms with Crippen LogP contribution < -0.4 is 4.74 Å². The highest BCUT2D eigenvalue weighted by Gasteiger charge is 2.34. The van der Waals surface area contributed by atoms with E-state index in [0.717, 1.165) is 18.3 Å². The van der Waals surface area contributed by atoms with Gasteiger partial charge in [0, 0.05) is 18.5 Å². The molecule has 0 N–H and O–H groups in total. The van der Waals surface area contributed by atoms with Crippen molar-refractivity contribution >= 4 is 18.1 Å². The van der Waals surface area contributed by atoms with Crippen LogP contribution in [0.4, 0.5) is 0 Å². The fourth-order valence-electron chi connectivity index (χ4n) is 2.99. The van der Waals surface area contributed by atoms with Crippen molar-refractivity contribution in [2.45, 2.75) is 19.3 Å². The first-order valence-electron chi connectivity index (χ1n) is 8.73. The highest BCUT2D eigenvalue weighted by molar-refractivity contribution is 6.21. The fourth-order valence-corrected chi connectivity index (χ4v) is 2.99. The normalized spacial score (nSPS) is 12.4. The molecule has 5 nitrogen and oxygen atoms in total. The van der Waals surface area contributed by atoms with Crippen LogP contribution in [0.5, 0.6) is 5.75 Å². The average Bonchev–Trinajstić information content (AvgIpc) is 2.95. The summed E-state index contributed by atoms with van der Waals surface area (Å²) in [6, 6.07) is 12.1. The second-order valence-corrected chi connectivity index (χ2v) is 6.14. The number of carbonyl (C=O) groups excluding carboxylic acids is 3. The van der Waals surface area contributed by atoms with Crippen LogP contribution >= 0.6 is 0 Å². The molecule has 27 heavy (non-hydrogen) atoms. The maximum absolute atomic E-state index is 12.3. The molecule has 1 aliphatic heterocycles. The molecule has 0 saturated carbocycles. The molecule has 136 valence electrons. The van der Waals surface area contributed by atoms with Crippen LogP contribution in [0.2, 0.25) is 0 Å². The first-order chi connectivity index (χ1) is 13.2. The molecule has 3 rings (SSSR count). The molecule has 0 spiro atoms. The summed E-state index contributed by atoms with van der Waals surface area (Å²) < 4.78 is 5.10. The number of nitrogens with zero attached hydrogens (tertiary/aromatic N) is 1. The van der Waals surface area contributed by atoms with Crippen molar-refractivity contribution in [3.05, 3.63) is 64.7 Å². The van der Waals surface area contributed by atoms with Crippen LogP contribution in [0, 0.1) is 11.8 Å². The number of amides is 2. The topological polar surface area (TPSA) is 63.7 Å². The van der Waals surface area contributed by atoms with E-state index in [2.05, 4.69) is 11.8 Å². The number of carbonyl (C=O) groups is 3. The third-order valence-electron chi connectivity index (χ3n) is 4.40. The van der Waals surface area contributed by atoms with E-state index < -0.39 is 0 Å². The summed E-state index contributed by atoms with van der Waals surface area (Å²) >= 11 is 0. The number of methoxy groups -OCH3 is 1. The SMILES string of the molecule is COc1ccc(C#CCCCCN2C(=O)c3ccccc3C2=O)cc1C=O. The highest BCUT2D eigenvalue weighted by Crippen LogP contribution is 2.22. The maximum Gasteiger partial charge on any atom is 0.261 e. The molecule has 2 aromatic carbocycles. The standard InChI is InChI=1S/C22H19NO4/c1-27-20-12-11-16(14-17(20)15-24)8-4-2-3-7-13-23-21(25)18-9-5-6-10-19(18)22(23)26/h5-6,9-12,14-15H,2-3,7,13H2,1H3. The average molecular weight is 361 g/mol. The molecule has 1 heterocycles. The van der Waals surface area contributed by atoms with Crippen molar-refractivity contribution < 1.29 is 19.1 Å². The number of hydrogen-bond donors (Lipinski definition) is 0. The van der Waals surface area contributed by atoms with Gasteiger partial charge in [-0.2, -0.15) is 0 Å². The Morgan fingerprint density at radius 3 is 2.37 bits per heavy atom. The lowest BCUT2D eigenvalue weighted by Crippen LogP contribution is -2.30. The van der Waals surface area contributed by atoms with Crippen LogP contribution in [-0.2, 0) is 0 Å². The molecule has 0 aliphatic carbocycles. The Labute approximate surface area is 157 Å². The van der Waals surface area contributed by atoms with E-state index in [4.69, 9.17) is 4.74 Å². The van der Waals surface area contributed by atoms with E-state index in [-0.39, 0.29) is 11.8 Å². The van der Waals surface area contributed by atoms with Gasteiger partial charge in [0.1, 0.15) is 5.75 Å². The fraction of sp³-hybridized carbons (Fsp3) is 0.227. The van der Waals surface area contributed by atoms with Gasteiger partial charge in [0.25, 0.3) is 11.8 Å². The molecule has 0 saturated heterocycles. The zero-order valence-electron chi connectivity index (χ0n) is 15.0. The van der Waals surface area contributed by atoms with Crippen LogP contribution in [0.1, 0.15) is 55.9 Å². The Bertz CT molecular complexity index is 917. The Kier molecular flexibility index (Phi) is 5.68. The third kappa shape index (κ3) is 3.90. The number of ether oxygens (including phenoxy) is 1. The van der Waals surface area contributed by atoms with E-state index >= 15 is 0 Å². The summed E-state index contributed by atoms with van der Waals surface area (Å²) in [4.78, 5) is 36.9. The first-order valence-corrected chi connectivity index (χ1v) is 8.73. The summed E-state index contributed by atoms with van der Waals surface area (Å²) in [7, 11) is 1.52. The molecule has 0 radical (unpaired) electrons. The van der Waals surface area contributed by atoms with Crippen molar-refractivity contribution in [3.8, 4) is 17.6 Å². The number of imide groups is 1. The Balaban J connectivity index is 1.50. The minimum absolute atomic E-state index is 0.221. The smallest absolute Gasteiger partial charge is 0.261 e. The largest absolute Gasteiger partial charge is 0.496 e. The minimum Gasteiger partial charge on any atom is -0.496 e. The van der Waals surface area contributed by atoms with Gasteiger partial charge in [-0.25, -0.2) is 0 Å². The lowest BCUT2D eigenvalue weighted by atomic mass is 10.1. The Morgan fingerprint density at radius 1 is 1.04 bits per heavy atom. The van der Waals surface area contributed by atoms with Crippen molar-refractivity contribution in [1.29, 1.82) is 0 Å². The van der Waals surface area contributed by atoms with Crippen molar-refractivity contribution in [2.24, 2.45) is 0 Å². The molecular formula is C22H19NO4. The maximum atomic E-state index is 12.3. The second kappa shape index (κ2) is 8.33. The predicted octanol–water partition coefficient (Wildman–Crippen LogP) is 3.33. The molecule has 0 bridgehead atoms. The van der Waals surface area contributed by atoms with Gasteiger partial charge in [-0.1, -0.05) is 24.0 Å². The minimum atomic E-state index is -0.221. The van der Waals surface area contributed by atoms with E-state index in [0.29, 0.717) is 41.8 Å². The molecule has 2 amide bonds. The van der Waals surface area contributed by atoms with Gasteiger partial charge < -0.3 is 4.74 Å². The number of fused-ring (bicyclic) bond motifs is 1. The van der Waals surface area contributed by atoms with E-state index in [9.17, 15) is 14.4 Å². The van der Waals surface area contributed by atoms with E-state index in [1.807, 2.05) is 0 Å². The monoisotopic (exact) mass is 361 g/mol. The second-order valence-electron chi connectivity index (χ2n) is 6.14. The number of aldehydes is 1. The molecule has 2 aromatic rings. The number of hydrogen-bond acceptors (Lipinski definition) is 4. The zero-order valence-corrected chi connectivity index (χ0v) is 15.0. The summed E-state index contributed by atoms with van der Waals surface area (Å²) in [5.74, 6) is 6.16. The predicted molar refractivity (Wildman–Crippen MR) is 101 cm³/mol. The molecular weight excluding hydrogens is 342 g/mol. The van der Waals surface area contributed by atoms with Crippen molar-refractivity contribution in [1.82, 2.24) is 4.90 Å². The molecule has 1 aliphatic rings. The quantitative estimate of drug-likeness (QED) is 0.343. The number of benzene rings is 2. The zero-order chi connectivity index (χ0) is 19.2. The molecule has 0 unspecified atom stereocenters. The molecule has 0 atom stereocenters. The van der Waals surface area contributed by atoms with Gasteiger partial charge in [-0.15, -0.1) is 0 Å². The van der Waals surface area contributed by atoms with Gasteiger partial charge in [0.2, 0.25) is 0 Å². The van der Waals surface area contributed by atoms with E-state index in [1.165, 1.54) is 12.0 Å². The summed E-state index contributed by atoms with van der Waals surface area (Å²) in [6.07, 6.45) is 2.86. The van der Waals surface area contributed by atoms with Crippen molar-refractivity contribution in [2.75, 3.05) is 13.7 Å². The lowest BCUT2D eigenvalue weighted by Gasteiger charge is -2.12. The van der Waals surface area contributed by atoms with Gasteiger partial charge in [-0.3, -0.25) is 19.3 Å². The highest BCUT2D eigenvalue weighted by atomic mass is 16.5. The lowest BCUT2D eigenvalue weighted by molar-refractivity contribution is 0.0651. The summed E-state index contributed by atoms with van der Waals surface area (Å²) in [5.41, 5.74) is 2.17. The Morgan fingerprint density at radius 2 is 1.74 bits per heavy atom. The van der Waals surface area contributed by atoms with Crippen LogP contribution in [0.3, 0.4) is 0 Å².